The number of ether oxygens (including phenoxy) is 1. The first kappa shape index (κ1) is 17.5. The summed E-state index contributed by atoms with van der Waals surface area (Å²) in [5.41, 5.74) is 9.99. The van der Waals surface area contributed by atoms with Crippen LogP contribution in [0, 0.1) is 6.92 Å². The molecule has 1 atom stereocenters. The minimum atomic E-state index is -0.693. The lowest BCUT2D eigenvalue weighted by Crippen LogP contribution is -2.09. The first-order valence-corrected chi connectivity index (χ1v) is 8.59. The Morgan fingerprint density at radius 3 is 2.48 bits per heavy atom. The van der Waals surface area contributed by atoms with E-state index < -0.39 is 11.5 Å². The zero-order chi connectivity index (χ0) is 18.1. The highest BCUT2D eigenvalue weighted by atomic mass is 35.5. The van der Waals surface area contributed by atoms with Gasteiger partial charge in [-0.2, -0.15) is 0 Å². The highest BCUT2D eigenvalue weighted by molar-refractivity contribution is 7.81. The maximum atomic E-state index is 12.0. The molecule has 3 rings (SSSR count). The maximum Gasteiger partial charge on any atom is 0.339 e. The van der Waals surface area contributed by atoms with Crippen molar-refractivity contribution in [2.24, 2.45) is 0 Å². The van der Waals surface area contributed by atoms with Crippen LogP contribution in [0.3, 0.4) is 0 Å². The van der Waals surface area contributed by atoms with Crippen molar-refractivity contribution < 1.29 is 9.53 Å². The molecule has 2 aromatic carbocycles. The number of alkyl halides is 1. The minimum absolute atomic E-state index is 0.397. The number of esters is 1. The third-order valence-corrected chi connectivity index (χ3v) is 4.41. The smallest absolute Gasteiger partial charge is 0.339 e. The summed E-state index contributed by atoms with van der Waals surface area (Å²) in [6, 6.07) is 13.1. The van der Waals surface area contributed by atoms with Crippen LogP contribution in [0.4, 0.5) is 5.69 Å². The van der Waals surface area contributed by atoms with Gasteiger partial charge in [0.1, 0.15) is 0 Å². The van der Waals surface area contributed by atoms with E-state index in [1.807, 2.05) is 31.2 Å². The molecule has 0 radical (unpaired) electrons. The third-order valence-electron chi connectivity index (χ3n) is 3.88. The van der Waals surface area contributed by atoms with Gasteiger partial charge in [-0.05, 0) is 37.6 Å². The van der Waals surface area contributed by atoms with Crippen molar-refractivity contribution in [3.05, 3.63) is 64.8 Å². The Hall–Kier alpha value is -2.37. The highest BCUT2D eigenvalue weighted by Gasteiger charge is 2.17. The van der Waals surface area contributed by atoms with E-state index in [9.17, 15) is 4.79 Å². The summed E-state index contributed by atoms with van der Waals surface area (Å²) in [5.74, 6) is -0.486. The topological polar surface area (TPSA) is 68.1 Å². The van der Waals surface area contributed by atoms with Crippen LogP contribution >= 0.6 is 23.8 Å². The number of carbonyl (C=O) groups excluding carboxylic acids is 1. The van der Waals surface area contributed by atoms with Crippen molar-refractivity contribution in [2.45, 2.75) is 19.4 Å². The summed E-state index contributed by atoms with van der Waals surface area (Å²) in [5, 5.41) is 0.805. The zero-order valence-electron chi connectivity index (χ0n) is 13.8. The summed E-state index contributed by atoms with van der Waals surface area (Å²) >= 11 is 11.3. The molecular weight excluding hydrogens is 356 g/mol. The molecule has 1 aromatic heterocycles. The van der Waals surface area contributed by atoms with E-state index in [4.69, 9.17) is 34.3 Å². The molecule has 0 spiro atoms. The first-order chi connectivity index (χ1) is 11.9. The number of fused-ring (bicyclic) bond motifs is 1. The lowest BCUT2D eigenvalue weighted by atomic mass is 10.1. The van der Waals surface area contributed by atoms with Gasteiger partial charge in [-0.15, -0.1) is 0 Å². The number of H-pyrrole nitrogens is 1. The fraction of sp³-hybridized carbons (Fsp3) is 0.158. The Labute approximate surface area is 155 Å². The fourth-order valence-electron chi connectivity index (χ4n) is 2.59. The second-order valence-corrected chi connectivity index (χ2v) is 6.84. The Morgan fingerprint density at radius 1 is 1.20 bits per heavy atom. The SMILES string of the molecule is Cc1ccc(C(=S)c2[nH]c3cc(C(=O)OC(C)Cl)ccc3c2N)cc1. The van der Waals surface area contributed by atoms with Gasteiger partial charge in [0.2, 0.25) is 0 Å². The number of hydrogen-bond donors (Lipinski definition) is 2. The van der Waals surface area contributed by atoms with Crippen LogP contribution in [0.15, 0.2) is 42.5 Å². The monoisotopic (exact) mass is 372 g/mol. The van der Waals surface area contributed by atoms with Gasteiger partial charge in [-0.3, -0.25) is 0 Å². The fourth-order valence-corrected chi connectivity index (χ4v) is 2.97. The number of thiocarbonyl (C=S) groups is 1. The number of aromatic amines is 1. The Kier molecular flexibility index (Phi) is 4.79. The number of hydrogen-bond acceptors (Lipinski definition) is 4. The molecule has 1 unspecified atom stereocenters. The van der Waals surface area contributed by atoms with Crippen molar-refractivity contribution in [1.29, 1.82) is 0 Å². The molecule has 0 aliphatic carbocycles. The number of nitrogens with one attached hydrogen (secondary N) is 1. The molecule has 3 aromatic rings. The molecule has 25 heavy (non-hydrogen) atoms. The molecule has 0 fully saturated rings. The molecule has 0 saturated heterocycles. The lowest BCUT2D eigenvalue weighted by molar-refractivity contribution is 0.0472. The second kappa shape index (κ2) is 6.86. The summed E-state index contributed by atoms with van der Waals surface area (Å²) in [6.07, 6.45) is 0. The van der Waals surface area contributed by atoms with Crippen LogP contribution in [0.25, 0.3) is 10.9 Å². The molecule has 3 N–H and O–H groups in total. The Bertz CT molecular complexity index is 961. The van der Waals surface area contributed by atoms with Gasteiger partial charge in [0.15, 0.2) is 5.56 Å². The zero-order valence-corrected chi connectivity index (χ0v) is 15.4. The summed E-state index contributed by atoms with van der Waals surface area (Å²) < 4.78 is 5.01. The number of benzene rings is 2. The van der Waals surface area contributed by atoms with E-state index in [-0.39, 0.29) is 0 Å². The van der Waals surface area contributed by atoms with E-state index in [2.05, 4.69) is 4.98 Å². The number of rotatable bonds is 4. The van der Waals surface area contributed by atoms with Crippen molar-refractivity contribution >= 4 is 51.2 Å². The number of anilines is 1. The van der Waals surface area contributed by atoms with Gasteiger partial charge in [-0.25, -0.2) is 4.79 Å². The summed E-state index contributed by atoms with van der Waals surface area (Å²) in [4.78, 5) is 15.9. The lowest BCUT2D eigenvalue weighted by Gasteiger charge is -2.05. The predicted molar refractivity (Wildman–Crippen MR) is 105 cm³/mol. The van der Waals surface area contributed by atoms with Gasteiger partial charge in [0.25, 0.3) is 0 Å². The highest BCUT2D eigenvalue weighted by Crippen LogP contribution is 2.28. The van der Waals surface area contributed by atoms with Crippen molar-refractivity contribution in [3.63, 3.8) is 0 Å². The molecule has 6 heteroatoms. The van der Waals surface area contributed by atoms with E-state index in [1.54, 1.807) is 25.1 Å². The summed E-state index contributed by atoms with van der Waals surface area (Å²) in [6.45, 7) is 3.61. The largest absolute Gasteiger partial charge is 0.443 e. The normalized spacial score (nSPS) is 12.1. The van der Waals surface area contributed by atoms with Gasteiger partial charge in [0, 0.05) is 10.9 Å². The van der Waals surface area contributed by atoms with Gasteiger partial charge < -0.3 is 15.5 Å². The molecule has 1 heterocycles. The van der Waals surface area contributed by atoms with Crippen LogP contribution in [0.2, 0.25) is 0 Å². The van der Waals surface area contributed by atoms with E-state index in [0.29, 0.717) is 21.8 Å². The molecule has 0 amide bonds. The van der Waals surface area contributed by atoms with Crippen LogP contribution in [-0.2, 0) is 4.74 Å². The van der Waals surface area contributed by atoms with Gasteiger partial charge in [0.05, 0.1) is 21.8 Å². The number of aromatic nitrogens is 1. The molecular formula is C19H17ClN2O2S. The average Bonchev–Trinajstić information content (AvgIpc) is 2.90. The van der Waals surface area contributed by atoms with Crippen LogP contribution < -0.4 is 5.73 Å². The van der Waals surface area contributed by atoms with Gasteiger partial charge >= 0.3 is 5.97 Å². The molecule has 0 aliphatic rings. The van der Waals surface area contributed by atoms with Crippen LogP contribution in [0.1, 0.15) is 34.1 Å². The molecule has 0 bridgehead atoms. The number of aryl methyl sites for hydroxylation is 1. The molecule has 0 aliphatic heterocycles. The third kappa shape index (κ3) is 3.52. The molecule has 0 saturated carbocycles. The number of halogens is 1. The first-order valence-electron chi connectivity index (χ1n) is 7.74. The standard InChI is InChI=1S/C19H17ClN2O2S/c1-10-3-5-12(6-4-10)18(25)17-16(21)14-8-7-13(9-15(14)22-17)19(23)24-11(2)20/h3-9,11,22H,21H2,1-2H3. The molecule has 128 valence electrons. The van der Waals surface area contributed by atoms with Crippen molar-refractivity contribution in [3.8, 4) is 0 Å². The Balaban J connectivity index is 2.00. The number of nitrogens with two attached hydrogens (primary N) is 1. The maximum absolute atomic E-state index is 12.0. The van der Waals surface area contributed by atoms with Gasteiger partial charge in [-0.1, -0.05) is 53.6 Å². The van der Waals surface area contributed by atoms with Crippen LogP contribution in [-0.4, -0.2) is 21.4 Å². The predicted octanol–water partition coefficient (Wildman–Crippen LogP) is 4.57. The van der Waals surface area contributed by atoms with E-state index in [0.717, 1.165) is 22.0 Å². The number of carbonyl (C=O) groups is 1. The van der Waals surface area contributed by atoms with Crippen molar-refractivity contribution in [2.75, 3.05) is 5.73 Å². The quantitative estimate of drug-likeness (QED) is 0.305. The number of nitrogen functional groups attached to an aromatic ring is 1. The minimum Gasteiger partial charge on any atom is -0.443 e. The average molecular weight is 373 g/mol. The Morgan fingerprint density at radius 2 is 1.84 bits per heavy atom. The van der Waals surface area contributed by atoms with E-state index >= 15 is 0 Å². The molecule has 4 nitrogen and oxygen atoms in total. The summed E-state index contributed by atoms with van der Waals surface area (Å²) in [7, 11) is 0. The second-order valence-electron chi connectivity index (χ2n) is 5.82. The van der Waals surface area contributed by atoms with E-state index in [1.165, 1.54) is 0 Å². The van der Waals surface area contributed by atoms with Crippen molar-refractivity contribution in [1.82, 2.24) is 4.98 Å². The van der Waals surface area contributed by atoms with Crippen LogP contribution in [0.5, 0.6) is 0 Å².